The van der Waals surface area contributed by atoms with Crippen LogP contribution >= 0.6 is 11.6 Å². The molecule has 2 N–H and O–H groups in total. The number of halogens is 1. The molecule has 2 aromatic rings. The van der Waals surface area contributed by atoms with Gasteiger partial charge in [0.15, 0.2) is 0 Å². The number of nitrogens with one attached hydrogen (secondary N) is 2. The van der Waals surface area contributed by atoms with Gasteiger partial charge in [0.25, 0.3) is 11.2 Å². The molecule has 2 rings (SSSR count). The zero-order valence-corrected chi connectivity index (χ0v) is 12.4. The number of nitro groups is 1. The normalized spacial score (nSPS) is 10.5. The van der Waals surface area contributed by atoms with Crippen LogP contribution in [0.25, 0.3) is 0 Å². The predicted octanol–water partition coefficient (Wildman–Crippen LogP) is 2.25. The maximum Gasteiger partial charge on any atom is 0.329 e. The molecule has 0 fully saturated rings. The lowest BCUT2D eigenvalue weighted by Gasteiger charge is -2.09. The standard InChI is InChI=1S/C13H13ClN4O4/c1-2-5-17-12(19)7-11(16-13(17)20)15-10-6-8(18(21)22)3-4-9(10)14/h3-4,6-7,15H,2,5H2,1H3,(H,16,20). The van der Waals surface area contributed by atoms with Gasteiger partial charge in [0, 0.05) is 24.7 Å². The third-order valence-corrected chi connectivity index (χ3v) is 3.23. The van der Waals surface area contributed by atoms with E-state index in [2.05, 4.69) is 10.3 Å². The summed E-state index contributed by atoms with van der Waals surface area (Å²) in [6.07, 6.45) is 0.645. The summed E-state index contributed by atoms with van der Waals surface area (Å²) in [6, 6.07) is 5.04. The van der Waals surface area contributed by atoms with Gasteiger partial charge in [-0.05, 0) is 12.5 Å². The molecule has 8 nitrogen and oxygen atoms in total. The first-order valence-corrected chi connectivity index (χ1v) is 6.85. The van der Waals surface area contributed by atoms with E-state index in [0.717, 1.165) is 4.57 Å². The van der Waals surface area contributed by atoms with Gasteiger partial charge in [0.05, 0.1) is 15.6 Å². The van der Waals surface area contributed by atoms with Crippen molar-refractivity contribution < 1.29 is 4.92 Å². The minimum absolute atomic E-state index is 0.116. The Morgan fingerprint density at radius 1 is 1.36 bits per heavy atom. The van der Waals surface area contributed by atoms with E-state index in [1.165, 1.54) is 24.3 Å². The molecule has 0 aliphatic heterocycles. The summed E-state index contributed by atoms with van der Waals surface area (Å²) in [7, 11) is 0. The van der Waals surface area contributed by atoms with Crippen molar-refractivity contribution in [3.63, 3.8) is 0 Å². The summed E-state index contributed by atoms with van der Waals surface area (Å²) in [5.74, 6) is 0.116. The summed E-state index contributed by atoms with van der Waals surface area (Å²) in [5, 5.41) is 13.7. The number of aromatic nitrogens is 2. The van der Waals surface area contributed by atoms with E-state index in [0.29, 0.717) is 13.0 Å². The highest BCUT2D eigenvalue weighted by Crippen LogP contribution is 2.28. The molecule has 0 radical (unpaired) electrons. The lowest BCUT2D eigenvalue weighted by molar-refractivity contribution is -0.384. The highest BCUT2D eigenvalue weighted by atomic mass is 35.5. The molecule has 0 saturated carbocycles. The lowest BCUT2D eigenvalue weighted by atomic mass is 10.3. The molecule has 1 aromatic heterocycles. The highest BCUT2D eigenvalue weighted by Gasteiger charge is 2.11. The lowest BCUT2D eigenvalue weighted by Crippen LogP contribution is -2.34. The fourth-order valence-electron chi connectivity index (χ4n) is 1.89. The van der Waals surface area contributed by atoms with Gasteiger partial charge in [-0.3, -0.25) is 24.5 Å². The summed E-state index contributed by atoms with van der Waals surface area (Å²) in [5.41, 5.74) is -0.958. The van der Waals surface area contributed by atoms with E-state index >= 15 is 0 Å². The molecule has 1 aromatic carbocycles. The maximum atomic E-state index is 11.9. The van der Waals surface area contributed by atoms with E-state index in [9.17, 15) is 19.7 Å². The van der Waals surface area contributed by atoms with Crippen molar-refractivity contribution in [2.45, 2.75) is 19.9 Å². The van der Waals surface area contributed by atoms with Crippen molar-refractivity contribution in [1.82, 2.24) is 9.55 Å². The van der Waals surface area contributed by atoms with Gasteiger partial charge in [-0.15, -0.1) is 0 Å². The van der Waals surface area contributed by atoms with Gasteiger partial charge >= 0.3 is 5.69 Å². The second-order valence-electron chi connectivity index (χ2n) is 4.52. The Bertz CT molecular complexity index is 796. The van der Waals surface area contributed by atoms with Gasteiger partial charge in [-0.2, -0.15) is 0 Å². The van der Waals surface area contributed by atoms with Gasteiger partial charge in [0.2, 0.25) is 0 Å². The van der Waals surface area contributed by atoms with E-state index in [4.69, 9.17) is 11.6 Å². The van der Waals surface area contributed by atoms with Crippen molar-refractivity contribution in [2.24, 2.45) is 0 Å². The largest absolute Gasteiger partial charge is 0.340 e. The van der Waals surface area contributed by atoms with Crippen molar-refractivity contribution >= 4 is 28.8 Å². The first-order valence-electron chi connectivity index (χ1n) is 6.47. The minimum Gasteiger partial charge on any atom is -0.340 e. The third kappa shape index (κ3) is 3.34. The fraction of sp³-hybridized carbons (Fsp3) is 0.231. The van der Waals surface area contributed by atoms with Crippen LogP contribution in [-0.4, -0.2) is 14.5 Å². The molecular weight excluding hydrogens is 312 g/mol. The molecule has 116 valence electrons. The van der Waals surface area contributed by atoms with Crippen LogP contribution in [0, 0.1) is 10.1 Å². The van der Waals surface area contributed by atoms with E-state index in [1.807, 2.05) is 6.92 Å². The van der Waals surface area contributed by atoms with Crippen molar-refractivity contribution in [3.05, 3.63) is 60.2 Å². The second kappa shape index (κ2) is 6.44. The van der Waals surface area contributed by atoms with Crippen LogP contribution in [-0.2, 0) is 6.54 Å². The molecule has 0 aliphatic rings. The number of H-pyrrole nitrogens is 1. The zero-order chi connectivity index (χ0) is 16.3. The van der Waals surface area contributed by atoms with Gasteiger partial charge in [-0.1, -0.05) is 18.5 Å². The maximum absolute atomic E-state index is 11.9. The van der Waals surface area contributed by atoms with Gasteiger partial charge in [-0.25, -0.2) is 4.79 Å². The van der Waals surface area contributed by atoms with Crippen LogP contribution in [0.15, 0.2) is 33.9 Å². The van der Waals surface area contributed by atoms with Crippen molar-refractivity contribution in [1.29, 1.82) is 0 Å². The van der Waals surface area contributed by atoms with Crippen LogP contribution in [0.3, 0.4) is 0 Å². The number of nitro benzene ring substituents is 1. The van der Waals surface area contributed by atoms with Crippen LogP contribution in [0.1, 0.15) is 13.3 Å². The van der Waals surface area contributed by atoms with E-state index in [1.54, 1.807) is 0 Å². The third-order valence-electron chi connectivity index (χ3n) is 2.90. The van der Waals surface area contributed by atoms with Crippen LogP contribution in [0.4, 0.5) is 17.2 Å². The molecule has 9 heteroatoms. The summed E-state index contributed by atoms with van der Waals surface area (Å²) >= 11 is 5.95. The Balaban J connectivity index is 2.40. The molecule has 0 aliphatic carbocycles. The Morgan fingerprint density at radius 3 is 2.68 bits per heavy atom. The predicted molar refractivity (Wildman–Crippen MR) is 83.0 cm³/mol. The van der Waals surface area contributed by atoms with Crippen LogP contribution < -0.4 is 16.6 Å². The summed E-state index contributed by atoms with van der Waals surface area (Å²) in [4.78, 5) is 36.4. The molecule has 0 bridgehead atoms. The number of non-ortho nitro benzene ring substituents is 1. The first kappa shape index (κ1) is 15.8. The topological polar surface area (TPSA) is 110 Å². The second-order valence-corrected chi connectivity index (χ2v) is 4.93. The quantitative estimate of drug-likeness (QED) is 0.647. The smallest absolute Gasteiger partial charge is 0.329 e. The highest BCUT2D eigenvalue weighted by molar-refractivity contribution is 6.33. The number of benzene rings is 1. The Labute approximate surface area is 129 Å². The molecule has 0 saturated heterocycles. The van der Waals surface area contributed by atoms with Crippen LogP contribution in [0.2, 0.25) is 5.02 Å². The Hall–Kier alpha value is -2.61. The number of rotatable bonds is 5. The Morgan fingerprint density at radius 2 is 2.09 bits per heavy atom. The average Bonchev–Trinajstić information content (AvgIpc) is 2.45. The number of hydrogen-bond donors (Lipinski definition) is 2. The fourth-order valence-corrected chi connectivity index (χ4v) is 2.06. The number of anilines is 2. The molecule has 0 atom stereocenters. The summed E-state index contributed by atoms with van der Waals surface area (Å²) in [6.45, 7) is 2.16. The van der Waals surface area contributed by atoms with Gasteiger partial charge in [0.1, 0.15) is 5.82 Å². The minimum atomic E-state index is -0.566. The average molecular weight is 325 g/mol. The monoisotopic (exact) mass is 324 g/mol. The van der Waals surface area contributed by atoms with Crippen LogP contribution in [0.5, 0.6) is 0 Å². The molecule has 0 amide bonds. The van der Waals surface area contributed by atoms with Gasteiger partial charge < -0.3 is 5.32 Å². The molecule has 0 spiro atoms. The molecule has 1 heterocycles. The molecular formula is C13H13ClN4O4. The first-order chi connectivity index (χ1) is 10.4. The SMILES string of the molecule is CCCn1c(=O)cc(Nc2cc([N+](=O)[O-])ccc2Cl)[nH]c1=O. The Kier molecular flexibility index (Phi) is 4.62. The number of nitrogens with zero attached hydrogens (tertiary/aromatic N) is 2. The van der Waals surface area contributed by atoms with E-state index < -0.39 is 16.2 Å². The molecule has 0 unspecified atom stereocenters. The van der Waals surface area contributed by atoms with E-state index in [-0.39, 0.29) is 22.2 Å². The number of aromatic amines is 1. The van der Waals surface area contributed by atoms with Crippen molar-refractivity contribution in [3.8, 4) is 0 Å². The number of hydrogen-bond acceptors (Lipinski definition) is 5. The zero-order valence-electron chi connectivity index (χ0n) is 11.6. The van der Waals surface area contributed by atoms with Crippen molar-refractivity contribution in [2.75, 3.05) is 5.32 Å². The molecule has 22 heavy (non-hydrogen) atoms. The summed E-state index contributed by atoms with van der Waals surface area (Å²) < 4.78 is 1.07.